The van der Waals surface area contributed by atoms with E-state index < -0.39 is 5.97 Å². The van der Waals surface area contributed by atoms with Gasteiger partial charge in [-0.05, 0) is 38.0 Å². The lowest BCUT2D eigenvalue weighted by molar-refractivity contribution is -0.137. The molecule has 3 N–H and O–H groups in total. The minimum absolute atomic E-state index is 0.0924. The van der Waals surface area contributed by atoms with Crippen LogP contribution in [0.15, 0.2) is 24.3 Å². The quantitative estimate of drug-likeness (QED) is 0.697. The molecular weight excluding hydrogens is 256 g/mol. The first-order valence-electron chi connectivity index (χ1n) is 6.37. The van der Waals surface area contributed by atoms with Crippen molar-refractivity contribution in [2.24, 2.45) is 0 Å². The van der Waals surface area contributed by atoms with Crippen molar-refractivity contribution in [3.8, 4) is 12.3 Å². The van der Waals surface area contributed by atoms with E-state index in [-0.39, 0.29) is 18.5 Å². The average Bonchev–Trinajstić information content (AvgIpc) is 2.38. The van der Waals surface area contributed by atoms with Crippen molar-refractivity contribution in [2.45, 2.75) is 32.2 Å². The summed E-state index contributed by atoms with van der Waals surface area (Å²) in [5.41, 5.74) is 1.31. The maximum absolute atomic E-state index is 11.7. The van der Waals surface area contributed by atoms with Crippen molar-refractivity contribution in [1.29, 1.82) is 0 Å². The van der Waals surface area contributed by atoms with E-state index in [1.54, 1.807) is 24.3 Å². The number of hydrogen-bond acceptors (Lipinski definition) is 2. The van der Waals surface area contributed by atoms with Gasteiger partial charge in [-0.3, -0.25) is 4.79 Å². The summed E-state index contributed by atoms with van der Waals surface area (Å²) in [6.45, 7) is 1.83. The van der Waals surface area contributed by atoms with Crippen LogP contribution in [0.2, 0.25) is 0 Å². The number of anilines is 1. The highest BCUT2D eigenvalue weighted by atomic mass is 16.4. The molecule has 0 spiro atoms. The molecule has 0 saturated carbocycles. The number of carboxylic acids is 1. The molecule has 0 fully saturated rings. The van der Waals surface area contributed by atoms with Gasteiger partial charge in [-0.2, -0.15) is 0 Å². The maximum Gasteiger partial charge on any atom is 0.319 e. The van der Waals surface area contributed by atoms with Crippen molar-refractivity contribution < 1.29 is 14.7 Å². The number of aliphatic carboxylic acids is 1. The summed E-state index contributed by atoms with van der Waals surface area (Å²) in [6.07, 6.45) is 6.54. The summed E-state index contributed by atoms with van der Waals surface area (Å²) < 4.78 is 0. The van der Waals surface area contributed by atoms with Crippen molar-refractivity contribution >= 4 is 17.7 Å². The second kappa shape index (κ2) is 7.85. The molecule has 0 aliphatic heterocycles. The predicted octanol–water partition coefficient (Wildman–Crippen LogP) is 2.43. The minimum Gasteiger partial charge on any atom is -0.481 e. The van der Waals surface area contributed by atoms with Gasteiger partial charge in [-0.25, -0.2) is 4.79 Å². The standard InChI is InChI=1S/C15H18N2O3/c1-3-12-7-5-8-13(10-12)17-15(20)16-11(2)6-4-9-14(18)19/h1,5,7-8,10-11H,4,6,9H2,2H3,(H,18,19)(H2,16,17,20). The zero-order valence-corrected chi connectivity index (χ0v) is 11.3. The highest BCUT2D eigenvalue weighted by molar-refractivity contribution is 5.89. The number of hydrogen-bond donors (Lipinski definition) is 3. The van der Waals surface area contributed by atoms with Gasteiger partial charge in [0.2, 0.25) is 0 Å². The molecule has 0 bridgehead atoms. The lowest BCUT2D eigenvalue weighted by Crippen LogP contribution is -2.36. The van der Waals surface area contributed by atoms with Gasteiger partial charge < -0.3 is 15.7 Å². The molecule has 0 heterocycles. The highest BCUT2D eigenvalue weighted by Gasteiger charge is 2.08. The molecule has 0 radical (unpaired) electrons. The zero-order chi connectivity index (χ0) is 15.0. The summed E-state index contributed by atoms with van der Waals surface area (Å²) in [7, 11) is 0. The SMILES string of the molecule is C#Cc1cccc(NC(=O)NC(C)CCCC(=O)O)c1. The third-order valence-corrected chi connectivity index (χ3v) is 2.69. The molecule has 1 rings (SSSR count). The fourth-order valence-electron chi connectivity index (χ4n) is 1.71. The van der Waals surface area contributed by atoms with E-state index in [9.17, 15) is 9.59 Å². The van der Waals surface area contributed by atoms with E-state index in [2.05, 4.69) is 16.6 Å². The first-order valence-corrected chi connectivity index (χ1v) is 6.37. The Labute approximate surface area is 118 Å². The number of carboxylic acid groups (broad SMARTS) is 1. The summed E-state index contributed by atoms with van der Waals surface area (Å²) in [5, 5.41) is 14.0. The van der Waals surface area contributed by atoms with E-state index in [1.165, 1.54) is 0 Å². The van der Waals surface area contributed by atoms with Crippen LogP contribution in [0.5, 0.6) is 0 Å². The molecule has 2 amide bonds. The van der Waals surface area contributed by atoms with Crippen LogP contribution in [0.1, 0.15) is 31.7 Å². The molecule has 0 aliphatic rings. The minimum atomic E-state index is -0.826. The predicted molar refractivity (Wildman–Crippen MR) is 77.5 cm³/mol. The number of carbonyl (C=O) groups excluding carboxylic acids is 1. The fraction of sp³-hybridized carbons (Fsp3) is 0.333. The largest absolute Gasteiger partial charge is 0.481 e. The Morgan fingerprint density at radius 3 is 2.85 bits per heavy atom. The second-order valence-corrected chi connectivity index (χ2v) is 4.51. The Hall–Kier alpha value is -2.48. The number of carbonyl (C=O) groups is 2. The van der Waals surface area contributed by atoms with E-state index in [0.717, 1.165) is 0 Å². The van der Waals surface area contributed by atoms with Gasteiger partial charge in [0.05, 0.1) is 0 Å². The lowest BCUT2D eigenvalue weighted by atomic mass is 10.1. The number of urea groups is 1. The van der Waals surface area contributed by atoms with Gasteiger partial charge in [-0.15, -0.1) is 6.42 Å². The van der Waals surface area contributed by atoms with Crippen LogP contribution in [0, 0.1) is 12.3 Å². The number of nitrogens with one attached hydrogen (secondary N) is 2. The first kappa shape index (κ1) is 15.6. The molecule has 1 unspecified atom stereocenters. The van der Waals surface area contributed by atoms with Crippen LogP contribution < -0.4 is 10.6 Å². The summed E-state index contributed by atoms with van der Waals surface area (Å²) >= 11 is 0. The van der Waals surface area contributed by atoms with Crippen LogP contribution >= 0.6 is 0 Å². The van der Waals surface area contributed by atoms with Crippen LogP contribution in [0.3, 0.4) is 0 Å². The molecule has 20 heavy (non-hydrogen) atoms. The molecule has 1 aromatic carbocycles. The topological polar surface area (TPSA) is 78.4 Å². The van der Waals surface area contributed by atoms with E-state index >= 15 is 0 Å². The molecule has 5 heteroatoms. The molecule has 1 aromatic rings. The van der Waals surface area contributed by atoms with Crippen LogP contribution in [0.25, 0.3) is 0 Å². The van der Waals surface area contributed by atoms with Gasteiger partial charge in [0.1, 0.15) is 0 Å². The third kappa shape index (κ3) is 5.91. The highest BCUT2D eigenvalue weighted by Crippen LogP contribution is 2.09. The van der Waals surface area contributed by atoms with E-state index in [4.69, 9.17) is 11.5 Å². The average molecular weight is 274 g/mol. The molecule has 1 atom stereocenters. The zero-order valence-electron chi connectivity index (χ0n) is 11.3. The number of rotatable bonds is 6. The van der Waals surface area contributed by atoms with E-state index in [0.29, 0.717) is 24.1 Å². The number of terminal acetylenes is 1. The molecular formula is C15H18N2O3. The normalized spacial score (nSPS) is 11.2. The lowest BCUT2D eigenvalue weighted by Gasteiger charge is -2.14. The van der Waals surface area contributed by atoms with Crippen molar-refractivity contribution in [3.63, 3.8) is 0 Å². The van der Waals surface area contributed by atoms with Gasteiger partial charge in [0.25, 0.3) is 0 Å². The molecule has 106 valence electrons. The molecule has 0 aromatic heterocycles. The summed E-state index contributed by atoms with van der Waals surface area (Å²) in [4.78, 5) is 22.1. The Morgan fingerprint density at radius 2 is 2.20 bits per heavy atom. The van der Waals surface area contributed by atoms with Crippen molar-refractivity contribution in [3.05, 3.63) is 29.8 Å². The Bertz CT molecular complexity index is 520. The summed E-state index contributed by atoms with van der Waals surface area (Å²) in [5.74, 6) is 1.67. The molecule has 0 aliphatic carbocycles. The number of amides is 2. The van der Waals surface area contributed by atoms with Crippen molar-refractivity contribution in [1.82, 2.24) is 5.32 Å². The van der Waals surface area contributed by atoms with Crippen molar-refractivity contribution in [2.75, 3.05) is 5.32 Å². The maximum atomic E-state index is 11.7. The van der Waals surface area contributed by atoms with Crippen LogP contribution in [-0.4, -0.2) is 23.1 Å². The van der Waals surface area contributed by atoms with Crippen LogP contribution in [-0.2, 0) is 4.79 Å². The Kier molecular flexibility index (Phi) is 6.11. The molecule has 0 saturated heterocycles. The van der Waals surface area contributed by atoms with Gasteiger partial charge in [0.15, 0.2) is 0 Å². The monoisotopic (exact) mass is 274 g/mol. The first-order chi connectivity index (χ1) is 9.51. The smallest absolute Gasteiger partial charge is 0.319 e. The Morgan fingerprint density at radius 1 is 1.45 bits per heavy atom. The second-order valence-electron chi connectivity index (χ2n) is 4.51. The van der Waals surface area contributed by atoms with Gasteiger partial charge in [0, 0.05) is 23.7 Å². The van der Waals surface area contributed by atoms with E-state index in [1.807, 2.05) is 6.92 Å². The molecule has 5 nitrogen and oxygen atoms in total. The Balaban J connectivity index is 2.39. The third-order valence-electron chi connectivity index (χ3n) is 2.69. The fourth-order valence-corrected chi connectivity index (χ4v) is 1.71. The number of benzene rings is 1. The van der Waals surface area contributed by atoms with Crippen LogP contribution in [0.4, 0.5) is 10.5 Å². The summed E-state index contributed by atoms with van der Waals surface area (Å²) in [6, 6.07) is 6.57. The van der Waals surface area contributed by atoms with Gasteiger partial charge in [-0.1, -0.05) is 12.0 Å². The van der Waals surface area contributed by atoms with Gasteiger partial charge >= 0.3 is 12.0 Å².